The van der Waals surface area contributed by atoms with Crippen LogP contribution in [0.2, 0.25) is 0 Å². The number of aryl methyl sites for hydroxylation is 2. The molecule has 3 aromatic rings. The van der Waals surface area contributed by atoms with Crippen molar-refractivity contribution in [3.63, 3.8) is 0 Å². The maximum atomic E-state index is 12.7. The van der Waals surface area contributed by atoms with Gasteiger partial charge in [0.1, 0.15) is 6.04 Å². The van der Waals surface area contributed by atoms with Crippen LogP contribution >= 0.6 is 0 Å². The minimum atomic E-state index is -3.69. The standard InChI is InChI=1S/C21H24N4O4S/c1-14-10-11-18(12-15(14)2)25(30(4,27)28)16(3)21(26)22-13-19-23-20(24-29-19)17-8-6-5-7-9-17/h5-12,16H,13H2,1-4H3,(H,22,26). The van der Waals surface area contributed by atoms with Crippen molar-refractivity contribution >= 4 is 21.6 Å². The van der Waals surface area contributed by atoms with E-state index in [1.165, 1.54) is 6.92 Å². The lowest BCUT2D eigenvalue weighted by Crippen LogP contribution is -2.47. The molecule has 0 spiro atoms. The number of amides is 1. The molecule has 3 rings (SSSR count). The maximum absolute atomic E-state index is 12.7. The van der Waals surface area contributed by atoms with Crippen LogP contribution < -0.4 is 9.62 Å². The Hall–Kier alpha value is -3.20. The number of rotatable bonds is 7. The molecule has 1 aromatic heterocycles. The van der Waals surface area contributed by atoms with Crippen LogP contribution in [0.4, 0.5) is 5.69 Å². The lowest BCUT2D eigenvalue weighted by Gasteiger charge is -2.28. The zero-order chi connectivity index (χ0) is 21.9. The van der Waals surface area contributed by atoms with Crippen molar-refractivity contribution in [1.82, 2.24) is 15.5 Å². The van der Waals surface area contributed by atoms with E-state index in [4.69, 9.17) is 4.52 Å². The third-order valence-corrected chi connectivity index (χ3v) is 5.99. The summed E-state index contributed by atoms with van der Waals surface area (Å²) in [5, 5.41) is 6.58. The first-order valence-corrected chi connectivity index (χ1v) is 11.2. The average molecular weight is 429 g/mol. The summed E-state index contributed by atoms with van der Waals surface area (Å²) in [5.41, 5.74) is 3.21. The Bertz CT molecular complexity index is 1140. The summed E-state index contributed by atoms with van der Waals surface area (Å²) in [6.45, 7) is 5.36. The van der Waals surface area contributed by atoms with Crippen LogP contribution in [0.3, 0.4) is 0 Å². The molecule has 0 aliphatic heterocycles. The van der Waals surface area contributed by atoms with Crippen molar-refractivity contribution in [1.29, 1.82) is 0 Å². The highest BCUT2D eigenvalue weighted by Gasteiger charge is 2.29. The van der Waals surface area contributed by atoms with Gasteiger partial charge in [-0.3, -0.25) is 9.10 Å². The molecular weight excluding hydrogens is 404 g/mol. The smallest absolute Gasteiger partial charge is 0.246 e. The number of carbonyl (C=O) groups excluding carboxylic acids is 1. The second-order valence-corrected chi connectivity index (χ2v) is 8.96. The Morgan fingerprint density at radius 3 is 2.47 bits per heavy atom. The van der Waals surface area contributed by atoms with Gasteiger partial charge in [-0.15, -0.1) is 0 Å². The number of hydrogen-bond donors (Lipinski definition) is 1. The number of carbonyl (C=O) groups is 1. The third kappa shape index (κ3) is 4.85. The van der Waals surface area contributed by atoms with E-state index >= 15 is 0 Å². The predicted octanol–water partition coefficient (Wildman–Crippen LogP) is 2.82. The van der Waals surface area contributed by atoms with E-state index in [2.05, 4.69) is 15.5 Å². The van der Waals surface area contributed by atoms with E-state index in [9.17, 15) is 13.2 Å². The molecule has 0 radical (unpaired) electrons. The Balaban J connectivity index is 1.73. The van der Waals surface area contributed by atoms with E-state index in [0.717, 1.165) is 27.3 Å². The van der Waals surface area contributed by atoms with Crippen molar-refractivity contribution in [3.8, 4) is 11.4 Å². The van der Waals surface area contributed by atoms with Crippen LogP contribution in [-0.2, 0) is 21.4 Å². The number of benzene rings is 2. The monoisotopic (exact) mass is 428 g/mol. The van der Waals surface area contributed by atoms with Crippen LogP contribution in [0.25, 0.3) is 11.4 Å². The first-order valence-electron chi connectivity index (χ1n) is 9.39. The molecule has 0 aliphatic rings. The SMILES string of the molecule is Cc1ccc(N(C(C)C(=O)NCc2nc(-c3ccccc3)no2)S(C)(=O)=O)cc1C. The van der Waals surface area contributed by atoms with E-state index < -0.39 is 22.0 Å². The van der Waals surface area contributed by atoms with Crippen molar-refractivity contribution < 1.29 is 17.7 Å². The summed E-state index contributed by atoms with van der Waals surface area (Å²) in [7, 11) is -3.69. The van der Waals surface area contributed by atoms with Gasteiger partial charge in [0.25, 0.3) is 0 Å². The average Bonchev–Trinajstić information content (AvgIpc) is 3.17. The number of aromatic nitrogens is 2. The highest BCUT2D eigenvalue weighted by Crippen LogP contribution is 2.24. The highest BCUT2D eigenvalue weighted by atomic mass is 32.2. The molecule has 1 amide bonds. The quantitative estimate of drug-likeness (QED) is 0.620. The van der Waals surface area contributed by atoms with Gasteiger partial charge in [0, 0.05) is 5.56 Å². The van der Waals surface area contributed by atoms with Crippen LogP contribution in [0, 0.1) is 13.8 Å². The summed E-state index contributed by atoms with van der Waals surface area (Å²) in [5.74, 6) is 0.172. The number of nitrogens with zero attached hydrogens (tertiary/aromatic N) is 3. The van der Waals surface area contributed by atoms with Gasteiger partial charge in [0.05, 0.1) is 18.5 Å². The highest BCUT2D eigenvalue weighted by molar-refractivity contribution is 7.92. The summed E-state index contributed by atoms with van der Waals surface area (Å²) < 4.78 is 31.1. The van der Waals surface area contributed by atoms with E-state index in [1.807, 2.05) is 50.2 Å². The number of hydrogen-bond acceptors (Lipinski definition) is 6. The fraction of sp³-hybridized carbons (Fsp3) is 0.286. The largest absolute Gasteiger partial charge is 0.345 e. The molecule has 2 aromatic carbocycles. The molecule has 1 atom stereocenters. The lowest BCUT2D eigenvalue weighted by atomic mass is 10.1. The Kier molecular flexibility index (Phi) is 6.21. The molecule has 1 heterocycles. The van der Waals surface area contributed by atoms with Crippen LogP contribution in [-0.4, -0.2) is 36.8 Å². The fourth-order valence-corrected chi connectivity index (χ4v) is 4.18. The molecule has 0 bridgehead atoms. The molecule has 0 saturated carbocycles. The van der Waals surface area contributed by atoms with Gasteiger partial charge in [0.15, 0.2) is 0 Å². The number of nitrogens with one attached hydrogen (secondary N) is 1. The van der Waals surface area contributed by atoms with E-state index in [1.54, 1.807) is 12.1 Å². The fourth-order valence-electron chi connectivity index (χ4n) is 3.01. The van der Waals surface area contributed by atoms with Gasteiger partial charge in [0.2, 0.25) is 27.6 Å². The van der Waals surface area contributed by atoms with Gasteiger partial charge >= 0.3 is 0 Å². The lowest BCUT2D eigenvalue weighted by molar-refractivity contribution is -0.122. The second-order valence-electron chi connectivity index (χ2n) is 7.10. The Morgan fingerprint density at radius 1 is 1.13 bits per heavy atom. The maximum Gasteiger partial charge on any atom is 0.246 e. The van der Waals surface area contributed by atoms with Crippen molar-refractivity contribution in [2.24, 2.45) is 0 Å². The molecule has 158 valence electrons. The van der Waals surface area contributed by atoms with Crippen molar-refractivity contribution in [2.45, 2.75) is 33.4 Å². The second kappa shape index (κ2) is 8.66. The summed E-state index contributed by atoms with van der Waals surface area (Å²) in [4.78, 5) is 17.0. The van der Waals surface area contributed by atoms with Crippen molar-refractivity contribution in [3.05, 3.63) is 65.5 Å². The minimum Gasteiger partial charge on any atom is -0.345 e. The Labute approximate surface area is 176 Å². The van der Waals surface area contributed by atoms with Crippen LogP contribution in [0.5, 0.6) is 0 Å². The molecule has 1 unspecified atom stereocenters. The van der Waals surface area contributed by atoms with Gasteiger partial charge in [-0.05, 0) is 44.0 Å². The molecule has 8 nitrogen and oxygen atoms in total. The Morgan fingerprint density at radius 2 is 1.83 bits per heavy atom. The summed E-state index contributed by atoms with van der Waals surface area (Å²) >= 11 is 0. The van der Waals surface area contributed by atoms with Gasteiger partial charge in [-0.2, -0.15) is 4.98 Å². The van der Waals surface area contributed by atoms with Crippen molar-refractivity contribution in [2.75, 3.05) is 10.6 Å². The normalized spacial score (nSPS) is 12.4. The molecule has 0 saturated heterocycles. The van der Waals surface area contributed by atoms with Crippen LogP contribution in [0.15, 0.2) is 53.1 Å². The molecule has 0 aliphatic carbocycles. The van der Waals surface area contributed by atoms with Gasteiger partial charge in [-0.1, -0.05) is 41.6 Å². The molecule has 0 fully saturated rings. The summed E-state index contributed by atoms with van der Waals surface area (Å²) in [6.07, 6.45) is 1.08. The number of anilines is 1. The van der Waals surface area contributed by atoms with Crippen LogP contribution in [0.1, 0.15) is 23.9 Å². The zero-order valence-corrected chi connectivity index (χ0v) is 18.1. The van der Waals surface area contributed by atoms with Gasteiger partial charge < -0.3 is 9.84 Å². The topological polar surface area (TPSA) is 105 Å². The predicted molar refractivity (Wildman–Crippen MR) is 114 cm³/mol. The summed E-state index contributed by atoms with van der Waals surface area (Å²) in [6, 6.07) is 13.6. The molecule has 1 N–H and O–H groups in total. The first-order chi connectivity index (χ1) is 14.2. The van der Waals surface area contributed by atoms with E-state index in [0.29, 0.717) is 11.5 Å². The molecular formula is C21H24N4O4S. The molecule has 9 heteroatoms. The van der Waals surface area contributed by atoms with Gasteiger partial charge in [-0.25, -0.2) is 8.42 Å². The molecule has 30 heavy (non-hydrogen) atoms. The number of sulfonamides is 1. The first kappa shape index (κ1) is 21.5. The third-order valence-electron chi connectivity index (χ3n) is 4.75. The minimum absolute atomic E-state index is 0.00641. The zero-order valence-electron chi connectivity index (χ0n) is 17.3. The van der Waals surface area contributed by atoms with E-state index in [-0.39, 0.29) is 12.4 Å².